The highest BCUT2D eigenvalue weighted by Gasteiger charge is 2.26. The average Bonchev–Trinajstić information content (AvgIpc) is 2.70. The van der Waals surface area contributed by atoms with E-state index in [4.69, 9.17) is 9.84 Å². The van der Waals surface area contributed by atoms with Gasteiger partial charge in [0.05, 0.1) is 12.5 Å². The molecular weight excluding hydrogens is 210 g/mol. The number of nitrogens with one attached hydrogen (secondary N) is 1. The molecule has 0 aromatic rings. The van der Waals surface area contributed by atoms with Crippen molar-refractivity contribution in [2.75, 3.05) is 13.2 Å². The van der Waals surface area contributed by atoms with Gasteiger partial charge in [0, 0.05) is 25.5 Å². The number of hydrogen-bond donors (Lipinski definition) is 2. The third-order valence-corrected chi connectivity index (χ3v) is 2.88. The maximum Gasteiger partial charge on any atom is 0.303 e. The molecule has 1 saturated heterocycles. The van der Waals surface area contributed by atoms with E-state index in [0.29, 0.717) is 12.5 Å². The minimum atomic E-state index is -0.939. The van der Waals surface area contributed by atoms with Crippen molar-refractivity contribution in [1.29, 1.82) is 0 Å². The molecule has 1 amide bonds. The lowest BCUT2D eigenvalue weighted by Gasteiger charge is -2.16. The van der Waals surface area contributed by atoms with Crippen molar-refractivity contribution in [3.05, 3.63) is 0 Å². The van der Waals surface area contributed by atoms with Crippen LogP contribution < -0.4 is 5.32 Å². The molecule has 0 spiro atoms. The maximum absolute atomic E-state index is 11.3. The first-order valence-electron chi connectivity index (χ1n) is 5.73. The Morgan fingerprint density at radius 2 is 2.19 bits per heavy atom. The fourth-order valence-electron chi connectivity index (χ4n) is 1.93. The van der Waals surface area contributed by atoms with Gasteiger partial charge in [-0.25, -0.2) is 0 Å². The molecule has 1 aliphatic heterocycles. The normalized spacial score (nSPS) is 24.3. The summed E-state index contributed by atoms with van der Waals surface area (Å²) in [6, 6.07) is 0. The van der Waals surface area contributed by atoms with Gasteiger partial charge in [-0.2, -0.15) is 0 Å². The quantitative estimate of drug-likeness (QED) is 0.705. The van der Waals surface area contributed by atoms with Gasteiger partial charge in [-0.15, -0.1) is 0 Å². The molecule has 0 saturated carbocycles. The second-order valence-electron chi connectivity index (χ2n) is 4.06. The Morgan fingerprint density at radius 3 is 2.81 bits per heavy atom. The predicted molar refractivity (Wildman–Crippen MR) is 58.0 cm³/mol. The molecule has 16 heavy (non-hydrogen) atoms. The van der Waals surface area contributed by atoms with E-state index in [1.165, 1.54) is 0 Å². The van der Waals surface area contributed by atoms with E-state index in [1.54, 1.807) is 0 Å². The number of rotatable bonds is 6. The van der Waals surface area contributed by atoms with Gasteiger partial charge in [0.2, 0.25) is 5.91 Å². The molecule has 1 fully saturated rings. The monoisotopic (exact) mass is 229 g/mol. The van der Waals surface area contributed by atoms with Crippen LogP contribution in [-0.4, -0.2) is 36.2 Å². The SMILES string of the molecule is CCC1OCCC1CNC(=O)CCC(=O)O. The number of hydrogen-bond acceptors (Lipinski definition) is 3. The van der Waals surface area contributed by atoms with E-state index in [1.807, 2.05) is 0 Å². The zero-order valence-electron chi connectivity index (χ0n) is 9.57. The third-order valence-electron chi connectivity index (χ3n) is 2.88. The van der Waals surface area contributed by atoms with Crippen molar-refractivity contribution in [2.45, 2.75) is 38.7 Å². The third kappa shape index (κ3) is 4.18. The number of ether oxygens (including phenoxy) is 1. The van der Waals surface area contributed by atoms with Crippen molar-refractivity contribution in [1.82, 2.24) is 5.32 Å². The molecule has 2 unspecified atom stereocenters. The Balaban J connectivity index is 2.18. The van der Waals surface area contributed by atoms with Gasteiger partial charge in [0.15, 0.2) is 0 Å². The molecule has 92 valence electrons. The van der Waals surface area contributed by atoms with Crippen LogP contribution in [0.25, 0.3) is 0 Å². The Morgan fingerprint density at radius 1 is 1.44 bits per heavy atom. The Bertz CT molecular complexity index is 254. The van der Waals surface area contributed by atoms with Crippen molar-refractivity contribution >= 4 is 11.9 Å². The first kappa shape index (κ1) is 13.0. The lowest BCUT2D eigenvalue weighted by Crippen LogP contribution is -2.32. The van der Waals surface area contributed by atoms with Gasteiger partial charge in [0.25, 0.3) is 0 Å². The van der Waals surface area contributed by atoms with Gasteiger partial charge in [-0.3, -0.25) is 9.59 Å². The average molecular weight is 229 g/mol. The lowest BCUT2D eigenvalue weighted by atomic mass is 10.00. The Kier molecular flexibility index (Phi) is 5.25. The molecule has 5 nitrogen and oxygen atoms in total. The van der Waals surface area contributed by atoms with E-state index >= 15 is 0 Å². The fourth-order valence-corrected chi connectivity index (χ4v) is 1.93. The van der Waals surface area contributed by atoms with Gasteiger partial charge < -0.3 is 15.2 Å². The summed E-state index contributed by atoms with van der Waals surface area (Å²) in [5, 5.41) is 11.2. The summed E-state index contributed by atoms with van der Waals surface area (Å²) in [7, 11) is 0. The standard InChI is InChI=1S/C11H19NO4/c1-2-9-8(5-6-16-9)7-12-10(13)3-4-11(14)15/h8-9H,2-7H2,1H3,(H,12,13)(H,14,15). The lowest BCUT2D eigenvalue weighted by molar-refractivity contribution is -0.138. The largest absolute Gasteiger partial charge is 0.481 e. The zero-order valence-corrected chi connectivity index (χ0v) is 9.57. The van der Waals surface area contributed by atoms with E-state index in [-0.39, 0.29) is 24.9 Å². The predicted octanol–water partition coefficient (Wildman–Crippen LogP) is 0.782. The zero-order chi connectivity index (χ0) is 12.0. The minimum absolute atomic E-state index is 0.0553. The second-order valence-corrected chi connectivity index (χ2v) is 4.06. The summed E-state index contributed by atoms with van der Waals surface area (Å²) in [6.07, 6.45) is 2.11. The second kappa shape index (κ2) is 6.48. The molecule has 2 atom stereocenters. The van der Waals surface area contributed by atoms with Crippen LogP contribution >= 0.6 is 0 Å². The summed E-state index contributed by atoms with van der Waals surface area (Å²) in [5.41, 5.74) is 0. The first-order valence-corrected chi connectivity index (χ1v) is 5.73. The van der Waals surface area contributed by atoms with Crippen molar-refractivity contribution in [3.8, 4) is 0 Å². The smallest absolute Gasteiger partial charge is 0.303 e. The summed E-state index contributed by atoms with van der Waals surface area (Å²) >= 11 is 0. The Hall–Kier alpha value is -1.10. The first-order chi connectivity index (χ1) is 7.63. The topological polar surface area (TPSA) is 75.6 Å². The molecule has 0 aromatic carbocycles. The molecular formula is C11H19NO4. The van der Waals surface area contributed by atoms with Crippen LogP contribution in [0.5, 0.6) is 0 Å². The van der Waals surface area contributed by atoms with Crippen LogP contribution in [0, 0.1) is 5.92 Å². The molecule has 1 aliphatic rings. The number of carboxylic acids is 1. The molecule has 0 aromatic heterocycles. The molecule has 1 rings (SSSR count). The highest BCUT2D eigenvalue weighted by molar-refractivity contribution is 5.80. The van der Waals surface area contributed by atoms with Crippen molar-refractivity contribution in [2.24, 2.45) is 5.92 Å². The highest BCUT2D eigenvalue weighted by atomic mass is 16.5. The Labute approximate surface area is 95.2 Å². The van der Waals surface area contributed by atoms with Crippen LogP contribution in [0.15, 0.2) is 0 Å². The van der Waals surface area contributed by atoms with Crippen LogP contribution in [-0.2, 0) is 14.3 Å². The van der Waals surface area contributed by atoms with E-state index in [0.717, 1.165) is 19.4 Å². The summed E-state index contributed by atoms with van der Waals surface area (Å²) in [4.78, 5) is 21.5. The minimum Gasteiger partial charge on any atom is -0.481 e. The highest BCUT2D eigenvalue weighted by Crippen LogP contribution is 2.22. The summed E-state index contributed by atoms with van der Waals surface area (Å²) < 4.78 is 5.50. The van der Waals surface area contributed by atoms with Gasteiger partial charge >= 0.3 is 5.97 Å². The number of aliphatic carboxylic acids is 1. The number of carbonyl (C=O) groups excluding carboxylic acids is 1. The molecule has 0 aliphatic carbocycles. The van der Waals surface area contributed by atoms with Crippen LogP contribution in [0.1, 0.15) is 32.6 Å². The van der Waals surface area contributed by atoms with Crippen LogP contribution in [0.4, 0.5) is 0 Å². The van der Waals surface area contributed by atoms with Crippen molar-refractivity contribution in [3.63, 3.8) is 0 Å². The van der Waals surface area contributed by atoms with E-state index in [9.17, 15) is 9.59 Å². The summed E-state index contributed by atoms with van der Waals surface area (Å²) in [5.74, 6) is -0.756. The van der Waals surface area contributed by atoms with Crippen LogP contribution in [0.3, 0.4) is 0 Å². The number of amides is 1. The van der Waals surface area contributed by atoms with E-state index < -0.39 is 5.97 Å². The maximum atomic E-state index is 11.3. The molecule has 2 N–H and O–H groups in total. The number of carbonyl (C=O) groups is 2. The fraction of sp³-hybridized carbons (Fsp3) is 0.818. The molecule has 5 heteroatoms. The number of carboxylic acid groups (broad SMARTS) is 1. The van der Waals surface area contributed by atoms with E-state index in [2.05, 4.69) is 12.2 Å². The molecule has 0 radical (unpaired) electrons. The van der Waals surface area contributed by atoms with Gasteiger partial charge in [-0.1, -0.05) is 6.92 Å². The molecule has 0 bridgehead atoms. The van der Waals surface area contributed by atoms with Gasteiger partial charge in [0.1, 0.15) is 0 Å². The van der Waals surface area contributed by atoms with Crippen LogP contribution in [0.2, 0.25) is 0 Å². The summed E-state index contributed by atoms with van der Waals surface area (Å²) in [6.45, 7) is 3.42. The van der Waals surface area contributed by atoms with Gasteiger partial charge in [-0.05, 0) is 12.8 Å². The van der Waals surface area contributed by atoms with Crippen molar-refractivity contribution < 1.29 is 19.4 Å². The molecule has 1 heterocycles.